The molecule has 0 spiro atoms. The third-order valence-corrected chi connectivity index (χ3v) is 4.33. The summed E-state index contributed by atoms with van der Waals surface area (Å²) in [6.07, 6.45) is 3.50. The average molecular weight is 256 g/mol. The van der Waals surface area contributed by atoms with Crippen molar-refractivity contribution in [3.63, 3.8) is 0 Å². The molecule has 0 radical (unpaired) electrons. The maximum absolute atomic E-state index is 12.5. The molecule has 1 amide bonds. The van der Waals surface area contributed by atoms with Crippen molar-refractivity contribution in [3.8, 4) is 0 Å². The number of hydrogen-bond acceptors (Lipinski definition) is 3. The molecule has 1 atom stereocenters. The molecule has 0 heterocycles. The Kier molecular flexibility index (Phi) is 4.73. The van der Waals surface area contributed by atoms with E-state index < -0.39 is 17.4 Å². The molecule has 0 saturated heterocycles. The van der Waals surface area contributed by atoms with Crippen LogP contribution in [0.5, 0.6) is 0 Å². The lowest BCUT2D eigenvalue weighted by atomic mass is 9.70. The summed E-state index contributed by atoms with van der Waals surface area (Å²) in [7, 11) is 1.55. The summed E-state index contributed by atoms with van der Waals surface area (Å²) < 4.78 is 0. The number of carboxylic acids is 1. The molecule has 5 heteroatoms. The number of rotatable bonds is 4. The van der Waals surface area contributed by atoms with Crippen LogP contribution >= 0.6 is 0 Å². The highest BCUT2D eigenvalue weighted by molar-refractivity contribution is 5.87. The van der Waals surface area contributed by atoms with Crippen molar-refractivity contribution in [3.05, 3.63) is 0 Å². The molecule has 104 valence electrons. The molecule has 18 heavy (non-hydrogen) atoms. The summed E-state index contributed by atoms with van der Waals surface area (Å²) in [4.78, 5) is 24.8. The lowest BCUT2D eigenvalue weighted by Gasteiger charge is -2.40. The van der Waals surface area contributed by atoms with Crippen LogP contribution in [0.4, 0.5) is 0 Å². The molecule has 1 rings (SSSR count). The van der Waals surface area contributed by atoms with Crippen LogP contribution < -0.4 is 5.73 Å². The Morgan fingerprint density at radius 1 is 1.44 bits per heavy atom. The van der Waals surface area contributed by atoms with Crippen LogP contribution in [0, 0.1) is 11.3 Å². The summed E-state index contributed by atoms with van der Waals surface area (Å²) >= 11 is 0. The number of carbonyl (C=O) groups is 2. The molecule has 1 aliphatic carbocycles. The van der Waals surface area contributed by atoms with Crippen molar-refractivity contribution in [2.24, 2.45) is 17.1 Å². The number of nitrogens with two attached hydrogens (primary N) is 1. The first-order chi connectivity index (χ1) is 8.34. The summed E-state index contributed by atoms with van der Waals surface area (Å²) in [5.74, 6) is -0.478. The van der Waals surface area contributed by atoms with E-state index in [1.165, 1.54) is 11.8 Å². The second kappa shape index (κ2) is 5.69. The van der Waals surface area contributed by atoms with Crippen molar-refractivity contribution in [2.45, 2.75) is 45.6 Å². The van der Waals surface area contributed by atoms with Crippen molar-refractivity contribution < 1.29 is 14.7 Å². The van der Waals surface area contributed by atoms with E-state index in [4.69, 9.17) is 10.8 Å². The zero-order valence-corrected chi connectivity index (χ0v) is 11.5. The normalized spacial score (nSPS) is 29.7. The number of amides is 1. The minimum atomic E-state index is -0.984. The van der Waals surface area contributed by atoms with E-state index in [1.54, 1.807) is 7.05 Å². The molecule has 1 fully saturated rings. The highest BCUT2D eigenvalue weighted by Crippen LogP contribution is 2.39. The standard InChI is InChI=1S/C13H24N2O3/c1-9-4-6-13(8-14,7-5-9)12(18)15(3)10(2)11(16)17/h9-10H,4-8,14H2,1-3H3,(H,16,17). The van der Waals surface area contributed by atoms with Crippen molar-refractivity contribution in [1.82, 2.24) is 4.90 Å². The van der Waals surface area contributed by atoms with Gasteiger partial charge in [-0.25, -0.2) is 4.79 Å². The van der Waals surface area contributed by atoms with E-state index in [9.17, 15) is 9.59 Å². The topological polar surface area (TPSA) is 83.6 Å². The summed E-state index contributed by atoms with van der Waals surface area (Å²) in [6, 6.07) is -0.805. The molecule has 0 bridgehead atoms. The van der Waals surface area contributed by atoms with Gasteiger partial charge in [0.25, 0.3) is 0 Å². The van der Waals surface area contributed by atoms with Crippen molar-refractivity contribution in [2.75, 3.05) is 13.6 Å². The van der Waals surface area contributed by atoms with Crippen LogP contribution in [0.15, 0.2) is 0 Å². The molecular weight excluding hydrogens is 232 g/mol. The zero-order valence-electron chi connectivity index (χ0n) is 11.5. The van der Waals surface area contributed by atoms with Gasteiger partial charge in [-0.3, -0.25) is 4.79 Å². The van der Waals surface area contributed by atoms with Gasteiger partial charge in [0.05, 0.1) is 5.41 Å². The molecule has 0 aromatic rings. The van der Waals surface area contributed by atoms with Gasteiger partial charge in [-0.1, -0.05) is 6.92 Å². The third kappa shape index (κ3) is 2.83. The van der Waals surface area contributed by atoms with E-state index in [2.05, 4.69) is 6.92 Å². The van der Waals surface area contributed by atoms with E-state index in [0.717, 1.165) is 25.7 Å². The molecule has 0 aromatic carbocycles. The van der Waals surface area contributed by atoms with E-state index in [1.807, 2.05) is 0 Å². The minimum absolute atomic E-state index is 0.119. The lowest BCUT2D eigenvalue weighted by molar-refractivity contribution is -0.154. The van der Waals surface area contributed by atoms with Gasteiger partial charge in [-0.05, 0) is 38.5 Å². The summed E-state index contributed by atoms with van der Waals surface area (Å²) in [6.45, 7) is 4.00. The quantitative estimate of drug-likeness (QED) is 0.788. The Morgan fingerprint density at radius 2 is 1.94 bits per heavy atom. The molecular formula is C13H24N2O3. The second-order valence-corrected chi connectivity index (χ2v) is 5.60. The number of carboxylic acid groups (broad SMARTS) is 1. The molecule has 5 nitrogen and oxygen atoms in total. The van der Waals surface area contributed by atoms with Gasteiger partial charge in [0.15, 0.2) is 0 Å². The van der Waals surface area contributed by atoms with E-state index in [-0.39, 0.29) is 5.91 Å². The maximum Gasteiger partial charge on any atom is 0.326 e. The summed E-state index contributed by atoms with van der Waals surface area (Å²) in [5, 5.41) is 8.97. The monoisotopic (exact) mass is 256 g/mol. The second-order valence-electron chi connectivity index (χ2n) is 5.60. The van der Waals surface area contributed by atoms with Crippen LogP contribution in [0.25, 0.3) is 0 Å². The van der Waals surface area contributed by atoms with Gasteiger partial charge in [0, 0.05) is 13.6 Å². The van der Waals surface area contributed by atoms with Crippen LogP contribution in [0.1, 0.15) is 39.5 Å². The van der Waals surface area contributed by atoms with E-state index in [0.29, 0.717) is 12.5 Å². The van der Waals surface area contributed by atoms with Gasteiger partial charge in [0.1, 0.15) is 6.04 Å². The fraction of sp³-hybridized carbons (Fsp3) is 0.846. The first-order valence-corrected chi connectivity index (χ1v) is 6.54. The van der Waals surface area contributed by atoms with E-state index >= 15 is 0 Å². The Labute approximate surface area is 108 Å². The minimum Gasteiger partial charge on any atom is -0.480 e. The van der Waals surface area contributed by atoms with Crippen LogP contribution in [0.3, 0.4) is 0 Å². The third-order valence-electron chi connectivity index (χ3n) is 4.33. The van der Waals surface area contributed by atoms with Gasteiger partial charge in [-0.15, -0.1) is 0 Å². The predicted molar refractivity (Wildman–Crippen MR) is 69.0 cm³/mol. The fourth-order valence-electron chi connectivity index (χ4n) is 2.54. The van der Waals surface area contributed by atoms with Crippen molar-refractivity contribution >= 4 is 11.9 Å². The van der Waals surface area contributed by atoms with Gasteiger partial charge in [-0.2, -0.15) is 0 Å². The predicted octanol–water partition coefficient (Wildman–Crippen LogP) is 1.07. The molecule has 0 aliphatic heterocycles. The van der Waals surface area contributed by atoms with Crippen LogP contribution in [-0.2, 0) is 9.59 Å². The number of hydrogen-bond donors (Lipinski definition) is 2. The molecule has 1 unspecified atom stereocenters. The molecule has 3 N–H and O–H groups in total. The zero-order chi connectivity index (χ0) is 13.9. The Bertz CT molecular complexity index is 322. The number of nitrogens with zero attached hydrogens (tertiary/aromatic N) is 1. The number of aliphatic carboxylic acids is 1. The molecule has 1 aliphatic rings. The Morgan fingerprint density at radius 3 is 2.33 bits per heavy atom. The molecule has 1 saturated carbocycles. The van der Waals surface area contributed by atoms with Gasteiger partial charge in [0.2, 0.25) is 5.91 Å². The average Bonchev–Trinajstić information content (AvgIpc) is 2.37. The maximum atomic E-state index is 12.5. The Balaban J connectivity index is 2.82. The van der Waals surface area contributed by atoms with Gasteiger partial charge >= 0.3 is 5.97 Å². The fourth-order valence-corrected chi connectivity index (χ4v) is 2.54. The first kappa shape index (κ1) is 15.0. The largest absolute Gasteiger partial charge is 0.480 e. The first-order valence-electron chi connectivity index (χ1n) is 6.54. The summed E-state index contributed by atoms with van der Waals surface area (Å²) in [5.41, 5.74) is 5.25. The van der Waals surface area contributed by atoms with Crippen LogP contribution in [-0.4, -0.2) is 41.5 Å². The van der Waals surface area contributed by atoms with Gasteiger partial charge < -0.3 is 15.7 Å². The number of likely N-dealkylation sites (N-methyl/N-ethyl adjacent to an activating group) is 1. The Hall–Kier alpha value is -1.10. The highest BCUT2D eigenvalue weighted by Gasteiger charge is 2.43. The highest BCUT2D eigenvalue weighted by atomic mass is 16.4. The van der Waals surface area contributed by atoms with Crippen LogP contribution in [0.2, 0.25) is 0 Å². The SMILES string of the molecule is CC1CCC(CN)(C(=O)N(C)C(C)C(=O)O)CC1. The molecule has 0 aromatic heterocycles. The number of carbonyl (C=O) groups excluding carboxylic acids is 1. The smallest absolute Gasteiger partial charge is 0.326 e. The van der Waals surface area contributed by atoms with Crippen molar-refractivity contribution in [1.29, 1.82) is 0 Å². The lowest BCUT2D eigenvalue weighted by Crippen LogP contribution is -2.52.